The first-order valence-corrected chi connectivity index (χ1v) is 8.79. The quantitative estimate of drug-likeness (QED) is 0.681. The van der Waals surface area contributed by atoms with E-state index in [9.17, 15) is 8.42 Å². The third-order valence-electron chi connectivity index (χ3n) is 2.37. The fraction of sp³-hybridized carbons (Fsp3) is 0.250. The number of aryl methyl sites for hydroxylation is 1. The van der Waals surface area contributed by atoms with Crippen LogP contribution >= 0.6 is 23.2 Å². The van der Waals surface area contributed by atoms with E-state index in [0.29, 0.717) is 34.1 Å². The number of hydrogen-bond donors (Lipinski definition) is 3. The van der Waals surface area contributed by atoms with Gasteiger partial charge in [0.15, 0.2) is 5.82 Å². The summed E-state index contributed by atoms with van der Waals surface area (Å²) in [7, 11) is -3.67. The Balaban J connectivity index is 0.000000463. The second kappa shape index (κ2) is 7.73. The van der Waals surface area contributed by atoms with Gasteiger partial charge in [0, 0.05) is 22.2 Å². The summed E-state index contributed by atoms with van der Waals surface area (Å²) in [6.07, 6.45) is 0.715. The number of nitrogens with zero attached hydrogens (tertiary/aromatic N) is 3. The number of rotatable bonds is 2. The van der Waals surface area contributed by atoms with Crippen LogP contribution in [-0.2, 0) is 16.7 Å². The van der Waals surface area contributed by atoms with Gasteiger partial charge in [0.1, 0.15) is 5.69 Å². The third kappa shape index (κ3) is 6.53. The summed E-state index contributed by atoms with van der Waals surface area (Å²) in [6.45, 7) is 2.41. The molecule has 0 spiro atoms. The van der Waals surface area contributed by atoms with Crippen molar-refractivity contribution in [2.24, 2.45) is 0 Å². The molecular formula is C12H15Cl2N5O3S. The lowest BCUT2D eigenvalue weighted by Gasteiger charge is -2.08. The molecule has 23 heavy (non-hydrogen) atoms. The Morgan fingerprint density at radius 2 is 1.78 bits per heavy atom. The van der Waals surface area contributed by atoms with Crippen molar-refractivity contribution in [1.29, 1.82) is 5.41 Å². The van der Waals surface area contributed by atoms with Crippen molar-refractivity contribution in [2.75, 3.05) is 12.0 Å². The molecule has 126 valence electrons. The van der Waals surface area contributed by atoms with Crippen molar-refractivity contribution in [3.8, 4) is 11.3 Å². The Kier molecular flexibility index (Phi) is 6.51. The van der Waals surface area contributed by atoms with Gasteiger partial charge < -0.3 is 5.73 Å². The van der Waals surface area contributed by atoms with Gasteiger partial charge in [-0.2, -0.15) is 18.5 Å². The molecule has 1 aromatic carbocycles. The average molecular weight is 380 g/mol. The number of hydrogen-bond acceptors (Lipinski definition) is 6. The average Bonchev–Trinajstić information content (AvgIpc) is 2.35. The highest BCUT2D eigenvalue weighted by atomic mass is 35.5. The molecule has 0 atom stereocenters. The molecule has 0 bridgehead atoms. The number of nitrogens with two attached hydrogens (primary N) is 1. The van der Waals surface area contributed by atoms with Gasteiger partial charge in [-0.3, -0.25) is 9.96 Å². The van der Waals surface area contributed by atoms with Crippen LogP contribution in [-0.4, -0.2) is 34.0 Å². The van der Waals surface area contributed by atoms with E-state index in [1.165, 1.54) is 4.68 Å². The highest BCUT2D eigenvalue weighted by Crippen LogP contribution is 2.27. The van der Waals surface area contributed by atoms with Gasteiger partial charge in [-0.15, -0.1) is 0 Å². The summed E-state index contributed by atoms with van der Waals surface area (Å²) in [5.41, 5.74) is 6.95. The summed E-state index contributed by atoms with van der Waals surface area (Å²) < 4.78 is 27.3. The van der Waals surface area contributed by atoms with E-state index in [4.69, 9.17) is 38.9 Å². The molecule has 1 aromatic heterocycles. The highest BCUT2D eigenvalue weighted by Gasteiger charge is 2.10. The van der Waals surface area contributed by atoms with Gasteiger partial charge in [0.2, 0.25) is 5.62 Å². The number of anilines is 1. The first-order chi connectivity index (χ1) is 10.5. The number of aromatic nitrogens is 3. The van der Waals surface area contributed by atoms with Crippen LogP contribution < -0.4 is 11.4 Å². The van der Waals surface area contributed by atoms with Crippen molar-refractivity contribution in [2.45, 2.75) is 13.5 Å². The summed E-state index contributed by atoms with van der Waals surface area (Å²) in [5.74, 6) is 0.183. The molecule has 0 fully saturated rings. The monoisotopic (exact) mass is 379 g/mol. The van der Waals surface area contributed by atoms with Crippen LogP contribution in [0.15, 0.2) is 18.2 Å². The zero-order chi connectivity index (χ0) is 17.8. The molecule has 0 aliphatic heterocycles. The van der Waals surface area contributed by atoms with Crippen LogP contribution in [0.1, 0.15) is 6.92 Å². The Morgan fingerprint density at radius 1 is 1.30 bits per heavy atom. The molecule has 0 amide bonds. The fourth-order valence-electron chi connectivity index (χ4n) is 1.56. The predicted octanol–water partition coefficient (Wildman–Crippen LogP) is 1.84. The van der Waals surface area contributed by atoms with Gasteiger partial charge >= 0.3 is 0 Å². The molecule has 4 N–H and O–H groups in total. The molecule has 0 aliphatic carbocycles. The molecule has 2 rings (SSSR count). The van der Waals surface area contributed by atoms with E-state index in [1.807, 2.05) is 6.92 Å². The van der Waals surface area contributed by atoms with Gasteiger partial charge in [-0.05, 0) is 25.1 Å². The second-order valence-electron chi connectivity index (χ2n) is 4.38. The van der Waals surface area contributed by atoms with Gasteiger partial charge in [-0.1, -0.05) is 23.2 Å². The molecule has 0 radical (unpaired) electrons. The molecule has 8 nitrogen and oxygen atoms in total. The zero-order valence-electron chi connectivity index (χ0n) is 12.3. The molecule has 0 aliphatic rings. The number of nitrogen functional groups attached to an aromatic ring is 1. The van der Waals surface area contributed by atoms with E-state index in [2.05, 4.69) is 10.1 Å². The Morgan fingerprint density at radius 3 is 2.22 bits per heavy atom. The molecule has 0 saturated heterocycles. The Hall–Kier alpha value is -1.68. The van der Waals surface area contributed by atoms with Crippen molar-refractivity contribution >= 4 is 39.1 Å². The van der Waals surface area contributed by atoms with Crippen molar-refractivity contribution in [3.63, 3.8) is 0 Å². The van der Waals surface area contributed by atoms with Gasteiger partial charge in [0.25, 0.3) is 10.1 Å². The first kappa shape index (κ1) is 19.4. The van der Waals surface area contributed by atoms with Gasteiger partial charge in [-0.25, -0.2) is 4.68 Å². The summed E-state index contributed by atoms with van der Waals surface area (Å²) in [6, 6.07) is 5.04. The first-order valence-electron chi connectivity index (χ1n) is 6.19. The van der Waals surface area contributed by atoms with Crippen LogP contribution in [0.4, 0.5) is 5.82 Å². The van der Waals surface area contributed by atoms with E-state index in [-0.39, 0.29) is 11.4 Å². The Bertz CT molecular complexity index is 839. The number of nitrogens with one attached hydrogen (secondary N) is 1. The predicted molar refractivity (Wildman–Crippen MR) is 88.9 cm³/mol. The van der Waals surface area contributed by atoms with Crippen LogP contribution in [0.2, 0.25) is 10.0 Å². The lowest BCUT2D eigenvalue weighted by atomic mass is 10.1. The number of benzene rings is 1. The summed E-state index contributed by atoms with van der Waals surface area (Å²) in [4.78, 5) is 3.94. The third-order valence-corrected chi connectivity index (χ3v) is 2.81. The van der Waals surface area contributed by atoms with E-state index in [1.54, 1.807) is 18.2 Å². The minimum Gasteiger partial charge on any atom is -0.382 e. The van der Waals surface area contributed by atoms with Crippen LogP contribution in [0.25, 0.3) is 11.3 Å². The topological polar surface area (TPSA) is 135 Å². The highest BCUT2D eigenvalue weighted by molar-refractivity contribution is 7.85. The van der Waals surface area contributed by atoms with Crippen LogP contribution in [0.3, 0.4) is 0 Å². The van der Waals surface area contributed by atoms with E-state index in [0.717, 1.165) is 0 Å². The smallest absolute Gasteiger partial charge is 0.261 e. The lowest BCUT2D eigenvalue weighted by molar-refractivity contribution is 0.490. The Labute approximate surface area is 143 Å². The zero-order valence-corrected chi connectivity index (χ0v) is 14.6. The van der Waals surface area contributed by atoms with E-state index < -0.39 is 10.1 Å². The van der Waals surface area contributed by atoms with Crippen molar-refractivity contribution in [1.82, 2.24) is 14.8 Å². The summed E-state index contributed by atoms with van der Waals surface area (Å²) >= 11 is 11.9. The van der Waals surface area contributed by atoms with Gasteiger partial charge in [0.05, 0.1) is 6.26 Å². The number of halogens is 2. The van der Waals surface area contributed by atoms with Crippen LogP contribution in [0, 0.1) is 5.41 Å². The van der Waals surface area contributed by atoms with Crippen molar-refractivity contribution in [3.05, 3.63) is 33.9 Å². The lowest BCUT2D eigenvalue weighted by Crippen LogP contribution is -2.26. The standard InChI is InChI=1S/C11H11Cl2N5.CH4O3S/c1-2-18-11(15)16-10(14)9(17-18)6-3-7(12)5-8(13)4-6;1-5(2,3)4/h3-5H,2H2,1H3,(H3,14,15,16);1H3,(H,2,3,4). The minimum absolute atomic E-state index is 0.0203. The summed E-state index contributed by atoms with van der Waals surface area (Å²) in [5, 5.41) is 12.9. The molecule has 0 saturated carbocycles. The maximum atomic E-state index is 9.19. The maximum absolute atomic E-state index is 9.19. The molecule has 0 unspecified atom stereocenters. The van der Waals surface area contributed by atoms with Crippen molar-refractivity contribution < 1.29 is 13.0 Å². The molecule has 2 aromatic rings. The maximum Gasteiger partial charge on any atom is 0.261 e. The largest absolute Gasteiger partial charge is 0.382 e. The fourth-order valence-corrected chi connectivity index (χ4v) is 2.09. The normalized spacial score (nSPS) is 10.8. The SMILES string of the molecule is CCn1nc(-c2cc(Cl)cc(Cl)c2)c(N)nc1=N.CS(=O)(=O)O. The molecule has 11 heteroatoms. The van der Waals surface area contributed by atoms with E-state index >= 15 is 0 Å². The molecule has 1 heterocycles. The van der Waals surface area contributed by atoms with Crippen LogP contribution in [0.5, 0.6) is 0 Å². The minimum atomic E-state index is -3.67. The second-order valence-corrected chi connectivity index (χ2v) is 6.72. The molecular weight excluding hydrogens is 365 g/mol.